The summed E-state index contributed by atoms with van der Waals surface area (Å²) >= 11 is 0. The molecule has 4 rings (SSSR count). The van der Waals surface area contributed by atoms with Crippen molar-refractivity contribution >= 4 is 27.0 Å². The summed E-state index contributed by atoms with van der Waals surface area (Å²) in [4.78, 5) is 26.0. The van der Waals surface area contributed by atoms with Crippen LogP contribution in [0.5, 0.6) is 5.75 Å². The van der Waals surface area contributed by atoms with Crippen LogP contribution >= 0.6 is 0 Å². The van der Waals surface area contributed by atoms with E-state index in [1.165, 1.54) is 18.2 Å². The van der Waals surface area contributed by atoms with Gasteiger partial charge in [0.25, 0.3) is 0 Å². The van der Waals surface area contributed by atoms with Crippen LogP contribution in [0.1, 0.15) is 42.5 Å². The Morgan fingerprint density at radius 2 is 1.68 bits per heavy atom. The number of rotatable bonds is 9. The second kappa shape index (κ2) is 11.3. The van der Waals surface area contributed by atoms with Gasteiger partial charge in [-0.25, -0.2) is 18.0 Å². The normalized spacial score (nSPS) is 13.3. The fourth-order valence-corrected chi connectivity index (χ4v) is 5.50. The first-order valence-corrected chi connectivity index (χ1v) is 14.0. The third-order valence-corrected chi connectivity index (χ3v) is 8.24. The summed E-state index contributed by atoms with van der Waals surface area (Å²) < 4.78 is 39.6. The van der Waals surface area contributed by atoms with E-state index in [1.54, 1.807) is 31.2 Å². The zero-order valence-corrected chi connectivity index (χ0v) is 22.7. The van der Waals surface area contributed by atoms with Gasteiger partial charge >= 0.3 is 11.6 Å². The number of fused-ring (bicyclic) bond motifs is 1. The lowest BCUT2D eigenvalue weighted by atomic mass is 9.99. The van der Waals surface area contributed by atoms with Gasteiger partial charge in [-0.15, -0.1) is 0 Å². The van der Waals surface area contributed by atoms with Gasteiger partial charge in [-0.05, 0) is 55.2 Å². The predicted octanol–water partition coefficient (Wildman–Crippen LogP) is 5.30. The van der Waals surface area contributed by atoms with Gasteiger partial charge in [0.1, 0.15) is 17.4 Å². The Morgan fingerprint density at radius 1 is 1.00 bits per heavy atom. The van der Waals surface area contributed by atoms with Gasteiger partial charge in [-0.1, -0.05) is 68.3 Å². The molecule has 4 aromatic rings. The Labute approximate surface area is 222 Å². The lowest BCUT2D eigenvalue weighted by molar-refractivity contribution is -0.137. The van der Waals surface area contributed by atoms with Crippen molar-refractivity contribution in [3.05, 3.63) is 105 Å². The van der Waals surface area contributed by atoms with E-state index in [2.05, 4.69) is 4.72 Å². The molecule has 1 heterocycles. The molecule has 0 aliphatic carbocycles. The van der Waals surface area contributed by atoms with Crippen LogP contribution in [0.25, 0.3) is 11.0 Å². The Hall–Kier alpha value is -3.75. The molecule has 38 heavy (non-hydrogen) atoms. The van der Waals surface area contributed by atoms with Crippen LogP contribution in [0.3, 0.4) is 0 Å². The van der Waals surface area contributed by atoms with Crippen molar-refractivity contribution in [3.63, 3.8) is 0 Å². The molecule has 7 nitrogen and oxygen atoms in total. The van der Waals surface area contributed by atoms with Crippen LogP contribution in [0.4, 0.5) is 0 Å². The van der Waals surface area contributed by atoms with Crippen LogP contribution in [-0.2, 0) is 21.2 Å². The Balaban J connectivity index is 1.59. The fraction of sp³-hybridized carbons (Fsp3) is 0.267. The number of hydrogen-bond donors (Lipinski definition) is 1. The highest BCUT2D eigenvalue weighted by Gasteiger charge is 2.31. The first-order chi connectivity index (χ1) is 18.1. The third kappa shape index (κ3) is 6.03. The molecule has 0 aliphatic rings. The van der Waals surface area contributed by atoms with Gasteiger partial charge in [-0.2, -0.15) is 4.72 Å². The van der Waals surface area contributed by atoms with Crippen molar-refractivity contribution in [3.8, 4) is 5.75 Å². The van der Waals surface area contributed by atoms with Crippen LogP contribution in [0, 0.1) is 19.8 Å². The van der Waals surface area contributed by atoms with Gasteiger partial charge < -0.3 is 9.15 Å². The smallest absolute Gasteiger partial charge is 0.340 e. The monoisotopic (exact) mass is 533 g/mol. The van der Waals surface area contributed by atoms with Gasteiger partial charge in [-0.3, -0.25) is 0 Å². The zero-order valence-electron chi connectivity index (χ0n) is 21.9. The number of ether oxygens (including phenoxy) is 1. The summed E-state index contributed by atoms with van der Waals surface area (Å²) in [5.74, 6) is -0.915. The molecular weight excluding hydrogens is 502 g/mol. The second-order valence-corrected chi connectivity index (χ2v) is 11.2. The number of aryl methyl sites for hydroxylation is 2. The quantitative estimate of drug-likeness (QED) is 0.178. The topological polar surface area (TPSA) is 103 Å². The highest BCUT2D eigenvalue weighted by Crippen LogP contribution is 2.26. The molecule has 0 aliphatic heterocycles. The van der Waals surface area contributed by atoms with E-state index < -0.39 is 27.7 Å². The maximum absolute atomic E-state index is 13.2. The molecule has 0 saturated heterocycles. The van der Waals surface area contributed by atoms with Crippen LogP contribution in [-0.4, -0.2) is 20.4 Å². The Bertz CT molecular complexity index is 1610. The van der Waals surface area contributed by atoms with Gasteiger partial charge in [0.15, 0.2) is 0 Å². The summed E-state index contributed by atoms with van der Waals surface area (Å²) in [7, 11) is -3.96. The van der Waals surface area contributed by atoms with Crippen molar-refractivity contribution in [2.75, 3.05) is 0 Å². The fourth-order valence-electron chi connectivity index (χ4n) is 4.21. The van der Waals surface area contributed by atoms with E-state index >= 15 is 0 Å². The molecule has 0 fully saturated rings. The van der Waals surface area contributed by atoms with Gasteiger partial charge in [0.05, 0.1) is 4.90 Å². The molecule has 1 N–H and O–H groups in total. The summed E-state index contributed by atoms with van der Waals surface area (Å²) in [6.45, 7) is 7.37. The van der Waals surface area contributed by atoms with E-state index in [0.717, 1.165) is 22.1 Å². The van der Waals surface area contributed by atoms with E-state index in [-0.39, 0.29) is 22.1 Å². The minimum atomic E-state index is -3.96. The van der Waals surface area contributed by atoms with E-state index in [4.69, 9.17) is 9.15 Å². The molecule has 0 bridgehead atoms. The highest BCUT2D eigenvalue weighted by molar-refractivity contribution is 7.89. The minimum Gasteiger partial charge on any atom is -0.425 e. The summed E-state index contributed by atoms with van der Waals surface area (Å²) in [5.41, 5.74) is 3.11. The zero-order chi connectivity index (χ0) is 27.4. The third-order valence-electron chi connectivity index (χ3n) is 6.78. The van der Waals surface area contributed by atoms with Crippen molar-refractivity contribution in [2.45, 2.75) is 51.5 Å². The SMILES string of the molecule is CCC(C)C(NS(=O)(=O)c1ccc(C)cc1)C(=O)Oc1ccc2c(C)c(Cc3ccccc3)c(=O)oc2c1. The molecule has 1 aromatic heterocycles. The second-order valence-electron chi connectivity index (χ2n) is 9.53. The van der Waals surface area contributed by atoms with E-state index in [0.29, 0.717) is 18.4 Å². The first-order valence-electron chi connectivity index (χ1n) is 12.5. The summed E-state index contributed by atoms with van der Waals surface area (Å²) in [6.07, 6.45) is 0.992. The summed E-state index contributed by atoms with van der Waals surface area (Å²) in [6, 6.07) is 19.8. The van der Waals surface area contributed by atoms with Gasteiger partial charge in [0.2, 0.25) is 10.0 Å². The van der Waals surface area contributed by atoms with E-state index in [9.17, 15) is 18.0 Å². The number of esters is 1. The maximum Gasteiger partial charge on any atom is 0.340 e. The van der Waals surface area contributed by atoms with Crippen molar-refractivity contribution < 1.29 is 22.4 Å². The Kier molecular flexibility index (Phi) is 8.14. The van der Waals surface area contributed by atoms with Crippen LogP contribution < -0.4 is 15.1 Å². The molecule has 0 radical (unpaired) electrons. The van der Waals surface area contributed by atoms with E-state index in [1.807, 2.05) is 51.1 Å². The maximum atomic E-state index is 13.2. The van der Waals surface area contributed by atoms with Crippen LogP contribution in [0.2, 0.25) is 0 Å². The molecule has 0 saturated carbocycles. The molecular formula is C30H31NO6S. The average molecular weight is 534 g/mol. The van der Waals surface area contributed by atoms with Crippen molar-refractivity contribution in [1.29, 1.82) is 0 Å². The van der Waals surface area contributed by atoms with Crippen LogP contribution in [0.15, 0.2) is 86.9 Å². The minimum absolute atomic E-state index is 0.0680. The molecule has 2 unspecified atom stereocenters. The number of carbonyl (C=O) groups excluding carboxylic acids is 1. The molecule has 198 valence electrons. The number of carbonyl (C=O) groups is 1. The molecule has 0 amide bonds. The largest absolute Gasteiger partial charge is 0.425 e. The molecule has 3 aromatic carbocycles. The average Bonchev–Trinajstić information content (AvgIpc) is 2.90. The molecule has 0 spiro atoms. The standard InChI is InChI=1S/C30H31NO6S/c1-5-20(3)28(31-38(34,35)24-14-11-19(2)12-15-24)30(33)36-23-13-16-25-21(4)26(29(32)37-27(25)18-23)17-22-9-7-6-8-10-22/h6-16,18,20,28,31H,5,17H2,1-4H3. The number of sulfonamides is 1. The van der Waals surface area contributed by atoms with Crippen molar-refractivity contribution in [2.24, 2.45) is 5.92 Å². The Morgan fingerprint density at radius 3 is 2.34 bits per heavy atom. The number of nitrogens with one attached hydrogen (secondary N) is 1. The predicted molar refractivity (Wildman–Crippen MR) is 147 cm³/mol. The molecule has 2 atom stereocenters. The molecule has 8 heteroatoms. The highest BCUT2D eigenvalue weighted by atomic mass is 32.2. The lowest BCUT2D eigenvalue weighted by Crippen LogP contribution is -2.46. The van der Waals surface area contributed by atoms with Crippen molar-refractivity contribution in [1.82, 2.24) is 4.72 Å². The first kappa shape index (κ1) is 27.3. The lowest BCUT2D eigenvalue weighted by Gasteiger charge is -2.22. The number of benzene rings is 3. The number of hydrogen-bond acceptors (Lipinski definition) is 6. The van der Waals surface area contributed by atoms with Gasteiger partial charge in [0, 0.05) is 23.4 Å². The summed E-state index contributed by atoms with van der Waals surface area (Å²) in [5, 5.41) is 0.730.